The third-order valence-electron chi connectivity index (χ3n) is 11.2. The number of rotatable bonds is 10. The van der Waals surface area contributed by atoms with Crippen molar-refractivity contribution >= 4 is 17.5 Å². The molecular formula is C43H58N4O4. The summed E-state index contributed by atoms with van der Waals surface area (Å²) in [6.45, 7) is 10.0. The van der Waals surface area contributed by atoms with E-state index in [4.69, 9.17) is 9.47 Å². The number of nitrogens with one attached hydrogen (secondary N) is 2. The van der Waals surface area contributed by atoms with Crippen LogP contribution >= 0.6 is 0 Å². The number of amides is 2. The number of anilines is 1. The molecule has 3 aliphatic rings. The summed E-state index contributed by atoms with van der Waals surface area (Å²) in [6, 6.07) is 23.7. The molecule has 274 valence electrons. The van der Waals surface area contributed by atoms with Gasteiger partial charge in [0.05, 0.1) is 11.3 Å². The smallest absolute Gasteiger partial charge is 0.257 e. The quantitative estimate of drug-likeness (QED) is 0.222. The van der Waals surface area contributed by atoms with Crippen molar-refractivity contribution in [3.8, 4) is 17.2 Å². The predicted octanol–water partition coefficient (Wildman–Crippen LogP) is 8.38. The Morgan fingerprint density at radius 1 is 0.941 bits per heavy atom. The molecule has 2 heterocycles. The molecule has 2 N–H and O–H groups in total. The van der Waals surface area contributed by atoms with E-state index in [0.29, 0.717) is 41.9 Å². The molecule has 1 saturated heterocycles. The maximum atomic E-state index is 14.2. The van der Waals surface area contributed by atoms with Crippen molar-refractivity contribution in [2.75, 3.05) is 38.5 Å². The Bertz CT molecular complexity index is 1570. The molecule has 1 aliphatic carbocycles. The van der Waals surface area contributed by atoms with Gasteiger partial charge in [0.1, 0.15) is 17.6 Å². The second-order valence-corrected chi connectivity index (χ2v) is 15.5. The Morgan fingerprint density at radius 3 is 2.37 bits per heavy atom. The topological polar surface area (TPSA) is 83.1 Å². The fourth-order valence-corrected chi connectivity index (χ4v) is 8.34. The van der Waals surface area contributed by atoms with E-state index in [1.54, 1.807) is 0 Å². The number of benzene rings is 3. The Morgan fingerprint density at radius 2 is 1.65 bits per heavy atom. The van der Waals surface area contributed by atoms with E-state index >= 15 is 0 Å². The number of hydrogen-bond acceptors (Lipinski definition) is 6. The molecule has 0 aromatic heterocycles. The van der Waals surface area contributed by atoms with E-state index in [-0.39, 0.29) is 35.8 Å². The molecule has 3 aromatic carbocycles. The molecule has 0 radical (unpaired) electrons. The first-order valence-corrected chi connectivity index (χ1v) is 19.4. The lowest BCUT2D eigenvalue weighted by Crippen LogP contribution is -2.48. The highest BCUT2D eigenvalue weighted by molar-refractivity contribution is 6.02. The molecule has 4 atom stereocenters. The minimum atomic E-state index is -0.205. The Kier molecular flexibility index (Phi) is 12.7. The van der Waals surface area contributed by atoms with Crippen LogP contribution in [0.15, 0.2) is 72.8 Å². The van der Waals surface area contributed by atoms with Crippen LogP contribution in [0.3, 0.4) is 0 Å². The molecule has 0 bridgehead atoms. The monoisotopic (exact) mass is 694 g/mol. The normalized spacial score (nSPS) is 23.4. The Balaban J connectivity index is 1.19. The number of carbonyl (C=O) groups is 2. The molecular weight excluding hydrogens is 636 g/mol. The minimum absolute atomic E-state index is 0.0263. The average Bonchev–Trinajstić information content (AvgIpc) is 3.11. The zero-order valence-electron chi connectivity index (χ0n) is 31.1. The number of carbonyl (C=O) groups excluding carboxylic acids is 2. The van der Waals surface area contributed by atoms with Crippen molar-refractivity contribution in [2.24, 2.45) is 23.7 Å². The third-order valence-corrected chi connectivity index (χ3v) is 11.2. The molecule has 8 nitrogen and oxygen atoms in total. The zero-order chi connectivity index (χ0) is 35.7. The van der Waals surface area contributed by atoms with Gasteiger partial charge in [-0.2, -0.15) is 0 Å². The van der Waals surface area contributed by atoms with Crippen LogP contribution < -0.4 is 20.1 Å². The van der Waals surface area contributed by atoms with Gasteiger partial charge in [0.15, 0.2) is 5.75 Å². The lowest BCUT2D eigenvalue weighted by molar-refractivity contribution is -0.123. The first kappa shape index (κ1) is 36.9. The van der Waals surface area contributed by atoms with Gasteiger partial charge in [0.25, 0.3) is 5.91 Å². The molecule has 8 heteroatoms. The number of hydrogen-bond donors (Lipinski definition) is 2. The molecule has 0 spiro atoms. The summed E-state index contributed by atoms with van der Waals surface area (Å²) in [7, 11) is 2.11. The van der Waals surface area contributed by atoms with Crippen molar-refractivity contribution in [3.05, 3.63) is 83.9 Å². The largest absolute Gasteiger partial charge is 0.486 e. The van der Waals surface area contributed by atoms with Crippen LogP contribution in [0.5, 0.6) is 17.2 Å². The van der Waals surface area contributed by atoms with E-state index in [1.165, 1.54) is 50.5 Å². The Hall–Kier alpha value is -3.88. The van der Waals surface area contributed by atoms with Crippen molar-refractivity contribution in [1.82, 2.24) is 15.1 Å². The van der Waals surface area contributed by atoms with Gasteiger partial charge in [-0.1, -0.05) is 88.3 Å². The van der Waals surface area contributed by atoms with Crippen LogP contribution in [0.4, 0.5) is 5.69 Å². The van der Waals surface area contributed by atoms with Crippen LogP contribution in [0, 0.1) is 23.7 Å². The number of likely N-dealkylation sites (N-methyl/N-ethyl adjacent to an activating group) is 1. The lowest BCUT2D eigenvalue weighted by atomic mass is 9.72. The third kappa shape index (κ3) is 9.52. The van der Waals surface area contributed by atoms with Gasteiger partial charge >= 0.3 is 0 Å². The molecule has 2 amide bonds. The van der Waals surface area contributed by atoms with Gasteiger partial charge in [-0.25, -0.2) is 0 Å². The summed E-state index contributed by atoms with van der Waals surface area (Å²) in [6.07, 6.45) is 9.48. The number of nitrogens with zero attached hydrogens (tertiary/aromatic N) is 2. The maximum Gasteiger partial charge on any atom is 0.257 e. The second kappa shape index (κ2) is 17.6. The minimum Gasteiger partial charge on any atom is -0.486 e. The van der Waals surface area contributed by atoms with Crippen LogP contribution in [-0.4, -0.2) is 67.0 Å². The number of fused-ring (bicyclic) bond motifs is 1. The van der Waals surface area contributed by atoms with E-state index in [9.17, 15) is 9.59 Å². The van der Waals surface area contributed by atoms with Crippen molar-refractivity contribution in [2.45, 2.75) is 90.8 Å². The molecule has 1 saturated carbocycles. The van der Waals surface area contributed by atoms with Crippen LogP contribution in [0.25, 0.3) is 0 Å². The van der Waals surface area contributed by atoms with Gasteiger partial charge in [-0.05, 0) is 94.2 Å². The summed E-state index contributed by atoms with van der Waals surface area (Å²) in [4.78, 5) is 32.5. The van der Waals surface area contributed by atoms with E-state index in [1.807, 2.05) is 65.6 Å². The van der Waals surface area contributed by atoms with E-state index < -0.39 is 0 Å². The van der Waals surface area contributed by atoms with Crippen LogP contribution in [-0.2, 0) is 11.3 Å². The zero-order valence-corrected chi connectivity index (χ0v) is 31.1. The summed E-state index contributed by atoms with van der Waals surface area (Å²) in [5.74, 6) is 2.99. The van der Waals surface area contributed by atoms with Gasteiger partial charge in [-0.15, -0.1) is 0 Å². The van der Waals surface area contributed by atoms with Gasteiger partial charge in [0.2, 0.25) is 5.91 Å². The fourth-order valence-electron chi connectivity index (χ4n) is 8.34. The van der Waals surface area contributed by atoms with Crippen molar-refractivity contribution in [3.63, 3.8) is 0 Å². The summed E-state index contributed by atoms with van der Waals surface area (Å²) in [5, 5.41) is 6.91. The molecule has 2 aliphatic heterocycles. The standard InChI is InChI=1S/C43H58N4O4/c1-30(2)47-27-31(3)40(29-46(4)28-32-20-22-35(23-21-32)50-34-16-11-8-12-17-34)51-41-37(43(47)49)18-13-19-39(41)45-42(48)36-24-25-44-26-38(36)33-14-9-6-5-7-10-15-33/h8,11-13,16-23,30-31,33,36,38,40,44H,5-7,9-10,14-15,24-29H2,1-4H3,(H,45,48). The highest BCUT2D eigenvalue weighted by Gasteiger charge is 2.38. The predicted molar refractivity (Wildman–Crippen MR) is 204 cm³/mol. The summed E-state index contributed by atoms with van der Waals surface area (Å²) >= 11 is 0. The number of para-hydroxylation sites is 2. The fraction of sp³-hybridized carbons (Fsp3) is 0.535. The lowest BCUT2D eigenvalue weighted by Gasteiger charge is -2.39. The van der Waals surface area contributed by atoms with Gasteiger partial charge in [0, 0.05) is 37.5 Å². The first-order chi connectivity index (χ1) is 24.8. The number of ether oxygens (including phenoxy) is 2. The maximum absolute atomic E-state index is 14.2. The van der Waals surface area contributed by atoms with E-state index in [0.717, 1.165) is 37.6 Å². The van der Waals surface area contributed by atoms with Crippen LogP contribution in [0.2, 0.25) is 0 Å². The van der Waals surface area contributed by atoms with Crippen molar-refractivity contribution in [1.29, 1.82) is 0 Å². The SMILES string of the molecule is CC1CN(C(C)C)C(=O)c2cccc(NC(=O)C3CCNCC3C3CCCCCCC3)c2OC1CN(C)Cc1ccc(Oc2ccccc2)cc1. The number of piperidine rings is 1. The van der Waals surface area contributed by atoms with E-state index in [2.05, 4.69) is 55.5 Å². The molecule has 6 rings (SSSR count). The summed E-state index contributed by atoms with van der Waals surface area (Å²) < 4.78 is 12.9. The molecule has 4 unspecified atom stereocenters. The van der Waals surface area contributed by atoms with Crippen LogP contribution in [0.1, 0.15) is 88.1 Å². The molecule has 3 aromatic rings. The highest BCUT2D eigenvalue weighted by atomic mass is 16.5. The van der Waals surface area contributed by atoms with Crippen molar-refractivity contribution < 1.29 is 19.1 Å². The molecule has 2 fully saturated rings. The van der Waals surface area contributed by atoms with Gasteiger partial charge < -0.3 is 25.0 Å². The Labute approximate surface area is 305 Å². The highest BCUT2D eigenvalue weighted by Crippen LogP contribution is 2.38. The van der Waals surface area contributed by atoms with Gasteiger partial charge in [-0.3, -0.25) is 14.5 Å². The molecule has 51 heavy (non-hydrogen) atoms. The second-order valence-electron chi connectivity index (χ2n) is 15.5. The summed E-state index contributed by atoms with van der Waals surface area (Å²) in [5.41, 5.74) is 2.28. The first-order valence-electron chi connectivity index (χ1n) is 19.4. The average molecular weight is 695 g/mol.